The number of amides is 1. The molecule has 2 fully saturated rings. The van der Waals surface area contributed by atoms with Crippen molar-refractivity contribution >= 4 is 5.91 Å². The van der Waals surface area contributed by atoms with Crippen LogP contribution in [0, 0.1) is 5.82 Å². The summed E-state index contributed by atoms with van der Waals surface area (Å²) in [7, 11) is 2.23. The van der Waals surface area contributed by atoms with Crippen molar-refractivity contribution in [3.63, 3.8) is 0 Å². The number of rotatable bonds is 2. The molecule has 130 valence electrons. The normalized spacial score (nSPS) is 30.2. The number of piperidine rings is 1. The molecule has 0 spiro atoms. The van der Waals surface area contributed by atoms with E-state index >= 15 is 0 Å². The van der Waals surface area contributed by atoms with Crippen LogP contribution in [-0.2, 0) is 13.0 Å². The average Bonchev–Trinajstić information content (AvgIpc) is 2.83. The van der Waals surface area contributed by atoms with Gasteiger partial charge in [-0.15, -0.1) is 0 Å². The fraction of sp³-hybridized carbons (Fsp3) is 0.611. The molecule has 1 aromatic carbocycles. The molecule has 0 aromatic heterocycles. The van der Waals surface area contributed by atoms with Crippen LogP contribution in [0.4, 0.5) is 4.39 Å². The summed E-state index contributed by atoms with van der Waals surface area (Å²) in [6, 6.07) is 4.76. The van der Waals surface area contributed by atoms with Crippen molar-refractivity contribution in [1.82, 2.24) is 15.3 Å². The summed E-state index contributed by atoms with van der Waals surface area (Å²) in [5.74, 6) is -1.01. The van der Waals surface area contributed by atoms with E-state index in [4.69, 9.17) is 5.21 Å². The summed E-state index contributed by atoms with van der Waals surface area (Å²) in [4.78, 5) is 16.5. The number of benzene rings is 1. The van der Waals surface area contributed by atoms with Crippen LogP contribution in [0.2, 0.25) is 0 Å². The summed E-state index contributed by atoms with van der Waals surface area (Å²) in [6.07, 6.45) is 5.71. The van der Waals surface area contributed by atoms with Gasteiger partial charge in [0.25, 0.3) is 5.91 Å². The Morgan fingerprint density at radius 3 is 2.75 bits per heavy atom. The monoisotopic (exact) mass is 333 g/mol. The first-order valence-electron chi connectivity index (χ1n) is 8.80. The van der Waals surface area contributed by atoms with Crippen LogP contribution < -0.4 is 5.48 Å². The fourth-order valence-electron chi connectivity index (χ4n) is 4.95. The minimum absolute atomic E-state index is 0.179. The molecule has 6 heteroatoms. The zero-order valence-corrected chi connectivity index (χ0v) is 14.0. The lowest BCUT2D eigenvalue weighted by Gasteiger charge is -2.45. The van der Waals surface area contributed by atoms with Crippen LogP contribution in [0.5, 0.6) is 0 Å². The van der Waals surface area contributed by atoms with E-state index < -0.39 is 5.91 Å². The molecule has 2 saturated heterocycles. The van der Waals surface area contributed by atoms with Crippen molar-refractivity contribution in [2.24, 2.45) is 0 Å². The molecule has 3 aliphatic rings. The Balaban J connectivity index is 1.57. The topological polar surface area (TPSA) is 55.8 Å². The van der Waals surface area contributed by atoms with Gasteiger partial charge >= 0.3 is 0 Å². The predicted octanol–water partition coefficient (Wildman–Crippen LogP) is 1.93. The maximum absolute atomic E-state index is 14.5. The van der Waals surface area contributed by atoms with Crippen LogP contribution in [0.1, 0.15) is 47.2 Å². The Kier molecular flexibility index (Phi) is 4.06. The van der Waals surface area contributed by atoms with E-state index in [1.54, 1.807) is 11.5 Å². The van der Waals surface area contributed by atoms with Gasteiger partial charge in [-0.2, -0.15) is 0 Å². The van der Waals surface area contributed by atoms with Crippen molar-refractivity contribution in [3.05, 3.63) is 34.6 Å². The largest absolute Gasteiger partial charge is 0.299 e. The van der Waals surface area contributed by atoms with Crippen molar-refractivity contribution in [2.75, 3.05) is 13.6 Å². The third-order valence-electron chi connectivity index (χ3n) is 6.28. The lowest BCUT2D eigenvalue weighted by molar-refractivity contribution is 0.0488. The standard InChI is InChI=1S/C18H24FN3O2/c1-21-13-2-4-16(21)17(5-3-13)22-7-6-11-8-12(18(23)20-24)9-15(19)14(11)10-22/h8-9,13,16-17,24H,2-7,10H2,1H3,(H,20,23). The van der Waals surface area contributed by atoms with E-state index in [-0.39, 0.29) is 11.4 Å². The average molecular weight is 333 g/mol. The number of fused-ring (bicyclic) bond motifs is 3. The Bertz CT molecular complexity index is 666. The van der Waals surface area contributed by atoms with Crippen molar-refractivity contribution in [1.29, 1.82) is 0 Å². The zero-order valence-electron chi connectivity index (χ0n) is 14.0. The Labute approximate surface area is 141 Å². The molecule has 3 aliphatic heterocycles. The van der Waals surface area contributed by atoms with E-state index in [0.29, 0.717) is 24.2 Å². The number of hydroxylamine groups is 1. The van der Waals surface area contributed by atoms with Crippen molar-refractivity contribution < 1.29 is 14.4 Å². The molecule has 0 aliphatic carbocycles. The third kappa shape index (κ3) is 2.53. The molecule has 3 unspecified atom stereocenters. The fourth-order valence-corrected chi connectivity index (χ4v) is 4.95. The quantitative estimate of drug-likeness (QED) is 0.641. The molecule has 5 nitrogen and oxygen atoms in total. The molecule has 2 N–H and O–H groups in total. The smallest absolute Gasteiger partial charge is 0.274 e. The van der Waals surface area contributed by atoms with Crippen LogP contribution >= 0.6 is 0 Å². The SMILES string of the molecule is CN1C2CCC(N3CCc4cc(C(=O)NO)cc(F)c4C3)C1CC2. The van der Waals surface area contributed by atoms with Gasteiger partial charge in [0.15, 0.2) is 0 Å². The summed E-state index contributed by atoms with van der Waals surface area (Å²) in [5, 5.41) is 8.75. The second-order valence-corrected chi connectivity index (χ2v) is 7.37. The van der Waals surface area contributed by atoms with Crippen LogP contribution in [0.15, 0.2) is 12.1 Å². The Hall–Kier alpha value is -1.50. The highest BCUT2D eigenvalue weighted by atomic mass is 19.1. The van der Waals surface area contributed by atoms with Gasteiger partial charge < -0.3 is 0 Å². The number of nitrogens with zero attached hydrogens (tertiary/aromatic N) is 2. The lowest BCUT2D eigenvalue weighted by Crippen LogP contribution is -2.54. The molecule has 4 rings (SSSR count). The third-order valence-corrected chi connectivity index (χ3v) is 6.28. The van der Waals surface area contributed by atoms with E-state index in [1.807, 2.05) is 0 Å². The van der Waals surface area contributed by atoms with Gasteiger partial charge in [-0.1, -0.05) is 0 Å². The summed E-state index contributed by atoms with van der Waals surface area (Å²) in [6.45, 7) is 1.51. The Morgan fingerprint density at radius 2 is 2.00 bits per heavy atom. The maximum atomic E-state index is 14.5. The molecule has 3 atom stereocenters. The number of nitrogens with one attached hydrogen (secondary N) is 1. The van der Waals surface area contributed by atoms with E-state index in [0.717, 1.165) is 24.6 Å². The molecule has 0 saturated carbocycles. The van der Waals surface area contributed by atoms with Gasteiger partial charge in [-0.25, -0.2) is 9.87 Å². The number of halogens is 1. The molecular weight excluding hydrogens is 309 g/mol. The van der Waals surface area contributed by atoms with Gasteiger partial charge in [0, 0.05) is 42.3 Å². The highest BCUT2D eigenvalue weighted by Gasteiger charge is 2.43. The molecule has 24 heavy (non-hydrogen) atoms. The number of carbonyl (C=O) groups excluding carboxylic acids is 1. The molecule has 1 amide bonds. The van der Waals surface area contributed by atoms with Crippen molar-refractivity contribution in [3.8, 4) is 0 Å². The molecule has 3 heterocycles. The zero-order chi connectivity index (χ0) is 16.8. The molecule has 0 radical (unpaired) electrons. The summed E-state index contributed by atoms with van der Waals surface area (Å²) in [5.41, 5.74) is 3.35. The predicted molar refractivity (Wildman–Crippen MR) is 87.4 cm³/mol. The van der Waals surface area contributed by atoms with Gasteiger partial charge in [-0.3, -0.25) is 19.8 Å². The lowest BCUT2D eigenvalue weighted by atomic mass is 9.91. The van der Waals surface area contributed by atoms with E-state index in [9.17, 15) is 9.18 Å². The second kappa shape index (κ2) is 6.10. The summed E-state index contributed by atoms with van der Waals surface area (Å²) >= 11 is 0. The van der Waals surface area contributed by atoms with E-state index in [2.05, 4.69) is 16.8 Å². The minimum atomic E-state index is -0.662. The first kappa shape index (κ1) is 16.0. The second-order valence-electron chi connectivity index (χ2n) is 7.37. The number of likely N-dealkylation sites (N-methyl/N-ethyl adjacent to an activating group) is 1. The first-order chi connectivity index (χ1) is 11.6. The number of hydrogen-bond acceptors (Lipinski definition) is 4. The van der Waals surface area contributed by atoms with Gasteiger partial charge in [0.05, 0.1) is 0 Å². The maximum Gasteiger partial charge on any atom is 0.274 e. The van der Waals surface area contributed by atoms with Gasteiger partial charge in [0.1, 0.15) is 5.82 Å². The molecule has 1 aromatic rings. The van der Waals surface area contributed by atoms with E-state index in [1.165, 1.54) is 31.7 Å². The highest BCUT2D eigenvalue weighted by molar-refractivity contribution is 5.93. The minimum Gasteiger partial charge on any atom is -0.299 e. The first-order valence-corrected chi connectivity index (χ1v) is 8.80. The van der Waals surface area contributed by atoms with Gasteiger partial charge in [-0.05, 0) is 56.8 Å². The summed E-state index contributed by atoms with van der Waals surface area (Å²) < 4.78 is 14.5. The molecular formula is C18H24FN3O2. The number of carbonyl (C=O) groups is 1. The number of hydrogen-bond donors (Lipinski definition) is 2. The highest BCUT2D eigenvalue weighted by Crippen LogP contribution is 2.38. The van der Waals surface area contributed by atoms with Crippen LogP contribution in [-0.4, -0.2) is 52.6 Å². The van der Waals surface area contributed by atoms with Gasteiger partial charge in [0.2, 0.25) is 0 Å². The Morgan fingerprint density at radius 1 is 1.25 bits per heavy atom. The van der Waals surface area contributed by atoms with Crippen LogP contribution in [0.3, 0.4) is 0 Å². The van der Waals surface area contributed by atoms with Crippen molar-refractivity contribution in [2.45, 2.75) is 56.8 Å². The van der Waals surface area contributed by atoms with Crippen LogP contribution in [0.25, 0.3) is 0 Å². The molecule has 2 bridgehead atoms.